The standard InChI is InChI=1S/C17H28N4/c1-13(18-2)14-6-7-17(19-11-14)21-10-8-16-15(12-21)5-4-9-20(16)3/h6-7,11,13,15-16,18H,4-5,8-10,12H2,1-3H3. The molecule has 4 nitrogen and oxygen atoms in total. The molecule has 0 aliphatic carbocycles. The Hall–Kier alpha value is -1.13. The Kier molecular flexibility index (Phi) is 4.45. The van der Waals surface area contributed by atoms with Crippen molar-refractivity contribution in [3.63, 3.8) is 0 Å². The zero-order chi connectivity index (χ0) is 14.8. The van der Waals surface area contributed by atoms with Crippen LogP contribution >= 0.6 is 0 Å². The fraction of sp³-hybridized carbons (Fsp3) is 0.706. The molecule has 2 aliphatic heterocycles. The van der Waals surface area contributed by atoms with Crippen LogP contribution in [0.1, 0.15) is 37.8 Å². The average Bonchev–Trinajstić information content (AvgIpc) is 2.54. The minimum atomic E-state index is 0.365. The van der Waals surface area contributed by atoms with E-state index in [1.165, 1.54) is 37.9 Å². The molecule has 1 aromatic heterocycles. The third kappa shape index (κ3) is 3.06. The van der Waals surface area contributed by atoms with Gasteiger partial charge in [-0.2, -0.15) is 0 Å². The van der Waals surface area contributed by atoms with Crippen molar-refractivity contribution < 1.29 is 0 Å². The summed E-state index contributed by atoms with van der Waals surface area (Å²) in [4.78, 5) is 9.75. The molecule has 0 bridgehead atoms. The molecule has 3 unspecified atom stereocenters. The molecule has 0 aromatic carbocycles. The maximum atomic E-state index is 4.70. The lowest BCUT2D eigenvalue weighted by Gasteiger charge is -2.46. The molecule has 116 valence electrons. The summed E-state index contributed by atoms with van der Waals surface area (Å²) in [5, 5.41) is 3.26. The summed E-state index contributed by atoms with van der Waals surface area (Å²) >= 11 is 0. The zero-order valence-electron chi connectivity index (χ0n) is 13.5. The van der Waals surface area contributed by atoms with Gasteiger partial charge in [-0.25, -0.2) is 4.98 Å². The van der Waals surface area contributed by atoms with E-state index in [9.17, 15) is 0 Å². The second-order valence-corrected chi connectivity index (χ2v) is 6.65. The van der Waals surface area contributed by atoms with Crippen LogP contribution in [0.25, 0.3) is 0 Å². The highest BCUT2D eigenvalue weighted by molar-refractivity contribution is 5.40. The van der Waals surface area contributed by atoms with Crippen LogP contribution in [0.15, 0.2) is 18.3 Å². The molecule has 3 atom stereocenters. The van der Waals surface area contributed by atoms with Crippen LogP contribution in [0.3, 0.4) is 0 Å². The van der Waals surface area contributed by atoms with Crippen LogP contribution in [0.5, 0.6) is 0 Å². The Morgan fingerprint density at radius 3 is 2.86 bits per heavy atom. The Labute approximate surface area is 128 Å². The normalized spacial score (nSPS) is 28.2. The number of hydrogen-bond acceptors (Lipinski definition) is 4. The van der Waals surface area contributed by atoms with Crippen LogP contribution in [-0.4, -0.2) is 49.7 Å². The molecular weight excluding hydrogens is 260 g/mol. The van der Waals surface area contributed by atoms with E-state index < -0.39 is 0 Å². The molecule has 2 fully saturated rings. The van der Waals surface area contributed by atoms with Crippen molar-refractivity contribution in [1.29, 1.82) is 0 Å². The maximum absolute atomic E-state index is 4.70. The van der Waals surface area contributed by atoms with Crippen LogP contribution in [-0.2, 0) is 0 Å². The summed E-state index contributed by atoms with van der Waals surface area (Å²) in [5.41, 5.74) is 1.26. The first-order valence-corrected chi connectivity index (χ1v) is 8.27. The molecule has 1 aromatic rings. The monoisotopic (exact) mass is 288 g/mol. The zero-order valence-corrected chi connectivity index (χ0v) is 13.5. The largest absolute Gasteiger partial charge is 0.356 e. The SMILES string of the molecule is CNC(C)c1ccc(N2CCC3C(CCCN3C)C2)nc1. The van der Waals surface area contributed by atoms with Crippen molar-refractivity contribution in [1.82, 2.24) is 15.2 Å². The topological polar surface area (TPSA) is 31.4 Å². The molecule has 0 amide bonds. The number of hydrogen-bond donors (Lipinski definition) is 1. The van der Waals surface area contributed by atoms with Gasteiger partial charge in [-0.15, -0.1) is 0 Å². The fourth-order valence-corrected chi connectivity index (χ4v) is 3.87. The van der Waals surface area contributed by atoms with E-state index >= 15 is 0 Å². The Balaban J connectivity index is 1.68. The van der Waals surface area contributed by atoms with Crippen molar-refractivity contribution in [2.45, 2.75) is 38.3 Å². The first-order chi connectivity index (χ1) is 10.2. The van der Waals surface area contributed by atoms with Crippen molar-refractivity contribution in [3.8, 4) is 0 Å². The van der Waals surface area contributed by atoms with E-state index in [0.29, 0.717) is 6.04 Å². The lowest BCUT2D eigenvalue weighted by Crippen LogP contribution is -2.52. The van der Waals surface area contributed by atoms with E-state index in [4.69, 9.17) is 4.98 Å². The average molecular weight is 288 g/mol. The van der Waals surface area contributed by atoms with Crippen molar-refractivity contribution >= 4 is 5.82 Å². The van der Waals surface area contributed by atoms with E-state index in [1.807, 2.05) is 13.2 Å². The van der Waals surface area contributed by atoms with Gasteiger partial charge in [0.25, 0.3) is 0 Å². The molecule has 4 heteroatoms. The Morgan fingerprint density at radius 2 is 2.14 bits per heavy atom. The predicted molar refractivity (Wildman–Crippen MR) is 87.7 cm³/mol. The molecule has 2 aliphatic rings. The molecule has 2 saturated heterocycles. The van der Waals surface area contributed by atoms with Gasteiger partial charge in [0.15, 0.2) is 0 Å². The number of likely N-dealkylation sites (tertiary alicyclic amines) is 1. The number of pyridine rings is 1. The molecular formula is C17H28N4. The molecule has 3 rings (SSSR count). The van der Waals surface area contributed by atoms with E-state index in [2.05, 4.69) is 41.2 Å². The summed E-state index contributed by atoms with van der Waals surface area (Å²) < 4.78 is 0. The number of aromatic nitrogens is 1. The highest BCUT2D eigenvalue weighted by Gasteiger charge is 2.34. The van der Waals surface area contributed by atoms with E-state index in [0.717, 1.165) is 24.3 Å². The van der Waals surface area contributed by atoms with Gasteiger partial charge in [0.2, 0.25) is 0 Å². The highest BCUT2D eigenvalue weighted by atomic mass is 15.2. The first kappa shape index (κ1) is 14.8. The van der Waals surface area contributed by atoms with Gasteiger partial charge in [-0.05, 0) is 64.4 Å². The second kappa shape index (κ2) is 6.32. The van der Waals surface area contributed by atoms with Crippen LogP contribution < -0.4 is 10.2 Å². The van der Waals surface area contributed by atoms with Crippen LogP contribution in [0.2, 0.25) is 0 Å². The number of anilines is 1. The van der Waals surface area contributed by atoms with Gasteiger partial charge < -0.3 is 15.1 Å². The first-order valence-electron chi connectivity index (χ1n) is 8.27. The van der Waals surface area contributed by atoms with Gasteiger partial charge in [-0.1, -0.05) is 6.07 Å². The van der Waals surface area contributed by atoms with E-state index in [-0.39, 0.29) is 0 Å². The number of fused-ring (bicyclic) bond motifs is 1. The smallest absolute Gasteiger partial charge is 0.128 e. The van der Waals surface area contributed by atoms with Gasteiger partial charge >= 0.3 is 0 Å². The van der Waals surface area contributed by atoms with Crippen LogP contribution in [0.4, 0.5) is 5.82 Å². The van der Waals surface area contributed by atoms with Crippen molar-refractivity contribution in [2.24, 2.45) is 5.92 Å². The van der Waals surface area contributed by atoms with Gasteiger partial charge in [-0.3, -0.25) is 0 Å². The predicted octanol–water partition coefficient (Wildman–Crippen LogP) is 2.28. The Bertz CT molecular complexity index is 458. The van der Waals surface area contributed by atoms with E-state index in [1.54, 1.807) is 0 Å². The van der Waals surface area contributed by atoms with Crippen molar-refractivity contribution in [3.05, 3.63) is 23.9 Å². The summed E-state index contributed by atoms with van der Waals surface area (Å²) in [6, 6.07) is 5.56. The maximum Gasteiger partial charge on any atom is 0.128 e. The quantitative estimate of drug-likeness (QED) is 0.924. The number of nitrogens with one attached hydrogen (secondary N) is 1. The van der Waals surface area contributed by atoms with Gasteiger partial charge in [0.05, 0.1) is 0 Å². The van der Waals surface area contributed by atoms with Crippen molar-refractivity contribution in [2.75, 3.05) is 38.6 Å². The number of piperidine rings is 2. The molecule has 21 heavy (non-hydrogen) atoms. The fourth-order valence-electron chi connectivity index (χ4n) is 3.87. The molecule has 0 radical (unpaired) electrons. The molecule has 3 heterocycles. The minimum absolute atomic E-state index is 0.365. The summed E-state index contributed by atoms with van der Waals surface area (Å²) in [7, 11) is 4.28. The molecule has 0 saturated carbocycles. The van der Waals surface area contributed by atoms with Crippen LogP contribution in [0, 0.1) is 5.92 Å². The lowest BCUT2D eigenvalue weighted by atomic mass is 9.84. The minimum Gasteiger partial charge on any atom is -0.356 e. The Morgan fingerprint density at radius 1 is 1.29 bits per heavy atom. The third-order valence-electron chi connectivity index (χ3n) is 5.37. The summed E-state index contributed by atoms with van der Waals surface area (Å²) in [6.07, 6.45) is 6.02. The summed E-state index contributed by atoms with van der Waals surface area (Å²) in [5.74, 6) is 1.96. The third-order valence-corrected chi connectivity index (χ3v) is 5.37. The number of rotatable bonds is 3. The van der Waals surface area contributed by atoms with Gasteiger partial charge in [0.1, 0.15) is 5.82 Å². The summed E-state index contributed by atoms with van der Waals surface area (Å²) in [6.45, 7) is 5.75. The lowest BCUT2D eigenvalue weighted by molar-refractivity contribution is 0.102. The second-order valence-electron chi connectivity index (χ2n) is 6.65. The van der Waals surface area contributed by atoms with Gasteiger partial charge in [0, 0.05) is 31.4 Å². The molecule has 1 N–H and O–H groups in total. The number of nitrogens with zero attached hydrogens (tertiary/aromatic N) is 3. The molecule has 0 spiro atoms. The highest BCUT2D eigenvalue weighted by Crippen LogP contribution is 2.31.